The molecule has 24 heavy (non-hydrogen) atoms. The van der Waals surface area contributed by atoms with E-state index >= 15 is 0 Å². The summed E-state index contributed by atoms with van der Waals surface area (Å²) in [5.74, 6) is -0.304. The molecule has 0 aliphatic heterocycles. The van der Waals surface area contributed by atoms with Crippen molar-refractivity contribution in [1.29, 1.82) is 5.26 Å². The summed E-state index contributed by atoms with van der Waals surface area (Å²) in [6.45, 7) is 6.08. The maximum Gasteiger partial charge on any atom is 0.203 e. The minimum absolute atomic E-state index is 0.105. The molecule has 122 valence electrons. The van der Waals surface area contributed by atoms with Crippen LogP contribution in [0.2, 0.25) is 5.02 Å². The van der Waals surface area contributed by atoms with E-state index in [1.165, 1.54) is 0 Å². The summed E-state index contributed by atoms with van der Waals surface area (Å²) < 4.78 is 0. The molecule has 0 aromatic heterocycles. The lowest BCUT2D eigenvalue weighted by Gasteiger charge is -2.20. The fourth-order valence-electron chi connectivity index (χ4n) is 2.44. The van der Waals surface area contributed by atoms with Crippen LogP contribution in [0.15, 0.2) is 54.1 Å². The van der Waals surface area contributed by atoms with E-state index in [2.05, 4.69) is 18.7 Å². The van der Waals surface area contributed by atoms with Crippen LogP contribution in [-0.4, -0.2) is 18.9 Å². The first kappa shape index (κ1) is 17.8. The van der Waals surface area contributed by atoms with Crippen LogP contribution in [0.25, 0.3) is 6.08 Å². The second kappa shape index (κ2) is 8.33. The molecule has 0 saturated heterocycles. The van der Waals surface area contributed by atoms with Gasteiger partial charge >= 0.3 is 0 Å². The van der Waals surface area contributed by atoms with E-state index in [1.807, 2.05) is 30.3 Å². The van der Waals surface area contributed by atoms with Crippen LogP contribution in [0.5, 0.6) is 0 Å². The average molecular weight is 339 g/mol. The fourth-order valence-corrected chi connectivity index (χ4v) is 2.57. The summed E-state index contributed by atoms with van der Waals surface area (Å²) in [6, 6.07) is 16.4. The van der Waals surface area contributed by atoms with Crippen LogP contribution in [0.4, 0.5) is 5.69 Å². The number of rotatable bonds is 6. The minimum Gasteiger partial charge on any atom is -0.372 e. The standard InChI is InChI=1S/C20H19ClN2O/c1-3-23(4-2)19-11-5-15(6-12-19)13-17(14-22)20(24)16-7-9-18(21)10-8-16/h5-13H,3-4H2,1-2H3. The Morgan fingerprint density at radius 2 is 1.67 bits per heavy atom. The topological polar surface area (TPSA) is 44.1 Å². The minimum atomic E-state index is -0.304. The Hall–Kier alpha value is -2.57. The van der Waals surface area contributed by atoms with Crippen LogP contribution < -0.4 is 4.90 Å². The molecular weight excluding hydrogens is 320 g/mol. The SMILES string of the molecule is CCN(CC)c1ccc(C=C(C#N)C(=O)c2ccc(Cl)cc2)cc1. The number of halogens is 1. The van der Waals surface area contributed by atoms with Crippen molar-refractivity contribution in [2.45, 2.75) is 13.8 Å². The van der Waals surface area contributed by atoms with Crippen LogP contribution >= 0.6 is 11.6 Å². The van der Waals surface area contributed by atoms with Crippen molar-refractivity contribution in [3.8, 4) is 6.07 Å². The molecule has 2 aromatic carbocycles. The third kappa shape index (κ3) is 4.24. The van der Waals surface area contributed by atoms with E-state index in [0.717, 1.165) is 24.3 Å². The molecule has 3 nitrogen and oxygen atoms in total. The highest BCUT2D eigenvalue weighted by Gasteiger charge is 2.12. The molecule has 0 saturated carbocycles. The number of nitriles is 1. The van der Waals surface area contributed by atoms with Gasteiger partial charge in [-0.25, -0.2) is 0 Å². The largest absolute Gasteiger partial charge is 0.372 e. The van der Waals surface area contributed by atoms with E-state index in [4.69, 9.17) is 11.6 Å². The summed E-state index contributed by atoms with van der Waals surface area (Å²) in [5, 5.41) is 9.88. The Morgan fingerprint density at radius 1 is 1.08 bits per heavy atom. The van der Waals surface area contributed by atoms with E-state index in [9.17, 15) is 10.1 Å². The van der Waals surface area contributed by atoms with Crippen molar-refractivity contribution in [1.82, 2.24) is 0 Å². The Kier molecular flexibility index (Phi) is 6.17. The Morgan fingerprint density at radius 3 is 2.17 bits per heavy atom. The van der Waals surface area contributed by atoms with Crippen molar-refractivity contribution in [2.75, 3.05) is 18.0 Å². The zero-order valence-corrected chi connectivity index (χ0v) is 14.5. The van der Waals surface area contributed by atoms with E-state index in [-0.39, 0.29) is 11.4 Å². The predicted molar refractivity (Wildman–Crippen MR) is 99.4 cm³/mol. The number of benzene rings is 2. The van der Waals surface area contributed by atoms with Gasteiger partial charge in [-0.3, -0.25) is 4.79 Å². The van der Waals surface area contributed by atoms with E-state index in [1.54, 1.807) is 30.3 Å². The molecule has 4 heteroatoms. The molecule has 0 aliphatic rings. The van der Waals surface area contributed by atoms with Crippen LogP contribution in [-0.2, 0) is 0 Å². The molecule has 0 amide bonds. The highest BCUT2D eigenvalue weighted by atomic mass is 35.5. The first-order valence-corrected chi connectivity index (χ1v) is 8.24. The van der Waals surface area contributed by atoms with Gasteiger partial charge < -0.3 is 4.90 Å². The van der Waals surface area contributed by atoms with E-state index in [0.29, 0.717) is 10.6 Å². The maximum atomic E-state index is 12.4. The van der Waals surface area contributed by atoms with Gasteiger partial charge in [0.05, 0.1) is 0 Å². The molecule has 0 atom stereocenters. The fraction of sp³-hybridized carbons (Fsp3) is 0.200. The number of nitrogens with zero attached hydrogens (tertiary/aromatic N) is 2. The highest BCUT2D eigenvalue weighted by molar-refractivity contribution is 6.30. The van der Waals surface area contributed by atoms with Crippen LogP contribution in [0.1, 0.15) is 29.8 Å². The number of Topliss-reactive ketones (excluding diaryl/α,β-unsaturated/α-hetero) is 1. The zero-order chi connectivity index (χ0) is 17.5. The number of hydrogen-bond donors (Lipinski definition) is 0. The van der Waals surface area contributed by atoms with Gasteiger partial charge in [-0.15, -0.1) is 0 Å². The molecular formula is C20H19ClN2O. The molecule has 0 radical (unpaired) electrons. The first-order chi connectivity index (χ1) is 11.6. The van der Waals surface area contributed by atoms with E-state index < -0.39 is 0 Å². The third-order valence-corrected chi connectivity index (χ3v) is 4.06. The Balaban J connectivity index is 2.25. The van der Waals surface area contributed by atoms with Gasteiger partial charge in [0.1, 0.15) is 11.6 Å². The second-order valence-corrected chi connectivity index (χ2v) is 5.71. The van der Waals surface area contributed by atoms with Gasteiger partial charge in [-0.1, -0.05) is 23.7 Å². The number of hydrogen-bond acceptors (Lipinski definition) is 3. The van der Waals surface area contributed by atoms with Gasteiger partial charge in [-0.2, -0.15) is 5.26 Å². The first-order valence-electron chi connectivity index (χ1n) is 7.86. The molecule has 0 fully saturated rings. The third-order valence-electron chi connectivity index (χ3n) is 3.80. The summed E-state index contributed by atoms with van der Waals surface area (Å²) >= 11 is 5.83. The van der Waals surface area contributed by atoms with Crippen molar-refractivity contribution in [3.63, 3.8) is 0 Å². The predicted octanol–water partition coefficient (Wildman–Crippen LogP) is 4.98. The van der Waals surface area contributed by atoms with Gasteiger partial charge in [0.2, 0.25) is 5.78 Å². The van der Waals surface area contributed by atoms with Crippen molar-refractivity contribution in [3.05, 3.63) is 70.3 Å². The van der Waals surface area contributed by atoms with Gasteiger partial charge in [0, 0.05) is 29.4 Å². The molecule has 0 heterocycles. The lowest BCUT2D eigenvalue weighted by atomic mass is 10.0. The summed E-state index contributed by atoms with van der Waals surface area (Å²) in [5.41, 5.74) is 2.50. The zero-order valence-electron chi connectivity index (χ0n) is 13.8. The number of allylic oxidation sites excluding steroid dienone is 1. The summed E-state index contributed by atoms with van der Waals surface area (Å²) in [6.07, 6.45) is 1.61. The molecule has 0 spiro atoms. The monoisotopic (exact) mass is 338 g/mol. The molecule has 2 aromatic rings. The van der Waals surface area contributed by atoms with Crippen molar-refractivity contribution >= 4 is 29.1 Å². The van der Waals surface area contributed by atoms with Crippen LogP contribution in [0.3, 0.4) is 0 Å². The van der Waals surface area contributed by atoms with Gasteiger partial charge in [0.15, 0.2) is 0 Å². The van der Waals surface area contributed by atoms with Gasteiger partial charge in [0.25, 0.3) is 0 Å². The normalized spacial score (nSPS) is 11.0. The number of anilines is 1. The molecule has 0 unspecified atom stereocenters. The second-order valence-electron chi connectivity index (χ2n) is 5.27. The Bertz CT molecular complexity index is 767. The number of carbonyl (C=O) groups excluding carboxylic acids is 1. The summed E-state index contributed by atoms with van der Waals surface area (Å²) in [7, 11) is 0. The van der Waals surface area contributed by atoms with Crippen LogP contribution in [0, 0.1) is 11.3 Å². The smallest absolute Gasteiger partial charge is 0.203 e. The molecule has 0 bridgehead atoms. The highest BCUT2D eigenvalue weighted by Crippen LogP contribution is 2.18. The molecule has 2 rings (SSSR count). The maximum absolute atomic E-state index is 12.4. The number of carbonyl (C=O) groups is 1. The Labute approximate surface area is 147 Å². The lowest BCUT2D eigenvalue weighted by molar-refractivity contribution is 0.104. The average Bonchev–Trinajstić information content (AvgIpc) is 2.62. The van der Waals surface area contributed by atoms with Gasteiger partial charge in [-0.05, 0) is 61.9 Å². The van der Waals surface area contributed by atoms with Crippen molar-refractivity contribution in [2.24, 2.45) is 0 Å². The molecule has 0 N–H and O–H groups in total. The quantitative estimate of drug-likeness (QED) is 0.424. The number of ketones is 1. The summed E-state index contributed by atoms with van der Waals surface area (Å²) in [4.78, 5) is 14.7. The molecule has 0 aliphatic carbocycles. The lowest BCUT2D eigenvalue weighted by Crippen LogP contribution is -2.21. The van der Waals surface area contributed by atoms with Crippen molar-refractivity contribution < 1.29 is 4.79 Å².